The number of ether oxygens (including phenoxy) is 4. The lowest BCUT2D eigenvalue weighted by atomic mass is 10.1. The summed E-state index contributed by atoms with van der Waals surface area (Å²) in [6.45, 7) is 8.13. The second-order valence-corrected chi connectivity index (χ2v) is 6.27. The SMILES string of the molecule is C=CCCC1OC2OC(C)(C)OC2C1OCc1ccccc1. The summed E-state index contributed by atoms with van der Waals surface area (Å²) in [6, 6.07) is 10.1. The highest BCUT2D eigenvalue weighted by Crippen LogP contribution is 2.40. The zero-order valence-electron chi connectivity index (χ0n) is 13.2. The first-order valence-corrected chi connectivity index (χ1v) is 7.86. The smallest absolute Gasteiger partial charge is 0.190 e. The summed E-state index contributed by atoms with van der Waals surface area (Å²) in [6.07, 6.45) is 3.00. The summed E-state index contributed by atoms with van der Waals surface area (Å²) in [5.74, 6) is -0.618. The Labute approximate surface area is 132 Å². The van der Waals surface area contributed by atoms with E-state index < -0.39 is 5.79 Å². The van der Waals surface area contributed by atoms with Crippen LogP contribution in [0.15, 0.2) is 43.0 Å². The van der Waals surface area contributed by atoms with Crippen molar-refractivity contribution in [2.24, 2.45) is 0 Å². The standard InChI is InChI=1S/C18H24O4/c1-4-5-11-14-15(19-12-13-9-7-6-8-10-13)16-17(20-14)22-18(2,3)21-16/h4,6-10,14-17H,1,5,11-12H2,2-3H3. The van der Waals surface area contributed by atoms with Crippen molar-refractivity contribution in [1.29, 1.82) is 0 Å². The Kier molecular flexibility index (Phi) is 4.64. The zero-order valence-corrected chi connectivity index (χ0v) is 13.2. The fraction of sp³-hybridized carbons (Fsp3) is 0.556. The van der Waals surface area contributed by atoms with Crippen LogP contribution in [0.3, 0.4) is 0 Å². The fourth-order valence-electron chi connectivity index (χ4n) is 3.03. The first kappa shape index (κ1) is 15.7. The summed E-state index contributed by atoms with van der Waals surface area (Å²) < 4.78 is 23.9. The average Bonchev–Trinajstić information content (AvgIpc) is 2.95. The molecule has 4 nitrogen and oxygen atoms in total. The van der Waals surface area contributed by atoms with Gasteiger partial charge in [-0.25, -0.2) is 0 Å². The van der Waals surface area contributed by atoms with Gasteiger partial charge in [0.2, 0.25) is 0 Å². The second-order valence-electron chi connectivity index (χ2n) is 6.27. The molecule has 120 valence electrons. The molecule has 2 heterocycles. The van der Waals surface area contributed by atoms with Gasteiger partial charge < -0.3 is 18.9 Å². The van der Waals surface area contributed by atoms with Crippen molar-refractivity contribution in [2.75, 3.05) is 0 Å². The summed E-state index contributed by atoms with van der Waals surface area (Å²) >= 11 is 0. The van der Waals surface area contributed by atoms with Crippen LogP contribution in [0.4, 0.5) is 0 Å². The van der Waals surface area contributed by atoms with Gasteiger partial charge in [0.1, 0.15) is 12.2 Å². The van der Waals surface area contributed by atoms with Crippen molar-refractivity contribution in [3.63, 3.8) is 0 Å². The van der Waals surface area contributed by atoms with Gasteiger partial charge in [-0.15, -0.1) is 6.58 Å². The van der Waals surface area contributed by atoms with E-state index in [1.54, 1.807) is 0 Å². The average molecular weight is 304 g/mol. The van der Waals surface area contributed by atoms with Crippen LogP contribution in [-0.4, -0.2) is 30.4 Å². The van der Waals surface area contributed by atoms with Crippen LogP contribution < -0.4 is 0 Å². The maximum Gasteiger partial charge on any atom is 0.190 e. The third-order valence-electron chi connectivity index (χ3n) is 4.03. The molecule has 2 aliphatic heterocycles. The zero-order chi connectivity index (χ0) is 15.6. The van der Waals surface area contributed by atoms with Gasteiger partial charge >= 0.3 is 0 Å². The van der Waals surface area contributed by atoms with Crippen LogP contribution in [-0.2, 0) is 25.6 Å². The number of fused-ring (bicyclic) bond motifs is 1. The third kappa shape index (κ3) is 3.41. The maximum atomic E-state index is 6.14. The lowest BCUT2D eigenvalue weighted by Crippen LogP contribution is -2.36. The molecule has 3 rings (SSSR count). The molecule has 0 bridgehead atoms. The number of hydrogen-bond donors (Lipinski definition) is 0. The predicted octanol–water partition coefficient (Wildman–Crippen LogP) is 3.41. The molecular weight excluding hydrogens is 280 g/mol. The van der Waals surface area contributed by atoms with Gasteiger partial charge in [-0.1, -0.05) is 36.4 Å². The molecule has 4 atom stereocenters. The highest BCUT2D eigenvalue weighted by atomic mass is 16.8. The van der Waals surface area contributed by atoms with Gasteiger partial charge in [-0.3, -0.25) is 0 Å². The molecule has 0 amide bonds. The lowest BCUT2D eigenvalue weighted by Gasteiger charge is -2.25. The number of allylic oxidation sites excluding steroid dienone is 1. The summed E-state index contributed by atoms with van der Waals surface area (Å²) in [5.41, 5.74) is 1.14. The molecule has 2 aliphatic rings. The lowest BCUT2D eigenvalue weighted by molar-refractivity contribution is -0.219. The molecule has 0 saturated carbocycles. The molecular formula is C18H24O4. The van der Waals surface area contributed by atoms with E-state index in [1.807, 2.05) is 38.1 Å². The maximum absolute atomic E-state index is 6.14. The number of hydrogen-bond acceptors (Lipinski definition) is 4. The van der Waals surface area contributed by atoms with Crippen molar-refractivity contribution in [3.8, 4) is 0 Å². The Balaban J connectivity index is 1.67. The Morgan fingerprint density at radius 2 is 2.00 bits per heavy atom. The van der Waals surface area contributed by atoms with Gasteiger partial charge in [0.15, 0.2) is 12.1 Å². The topological polar surface area (TPSA) is 36.9 Å². The van der Waals surface area contributed by atoms with Crippen LogP contribution in [0.1, 0.15) is 32.3 Å². The summed E-state index contributed by atoms with van der Waals surface area (Å²) in [7, 11) is 0. The molecule has 1 aromatic rings. The first-order chi connectivity index (χ1) is 10.6. The minimum absolute atomic E-state index is 0.0205. The van der Waals surface area contributed by atoms with E-state index in [-0.39, 0.29) is 24.6 Å². The Bertz CT molecular complexity index is 499. The molecule has 4 unspecified atom stereocenters. The van der Waals surface area contributed by atoms with E-state index in [2.05, 4.69) is 18.7 Å². The van der Waals surface area contributed by atoms with Crippen LogP contribution in [0.25, 0.3) is 0 Å². The van der Waals surface area contributed by atoms with Gasteiger partial charge in [0.25, 0.3) is 0 Å². The van der Waals surface area contributed by atoms with Crippen molar-refractivity contribution in [1.82, 2.24) is 0 Å². The highest BCUT2D eigenvalue weighted by Gasteiger charge is 2.54. The second kappa shape index (κ2) is 6.50. The minimum atomic E-state index is -0.618. The van der Waals surface area contributed by atoms with Crippen LogP contribution in [0, 0.1) is 0 Å². The van der Waals surface area contributed by atoms with E-state index in [0.717, 1.165) is 18.4 Å². The molecule has 2 saturated heterocycles. The molecule has 1 aromatic carbocycles. The number of rotatable bonds is 6. The molecule has 2 fully saturated rings. The van der Waals surface area contributed by atoms with Gasteiger partial charge in [-0.2, -0.15) is 0 Å². The van der Waals surface area contributed by atoms with E-state index in [4.69, 9.17) is 18.9 Å². The van der Waals surface area contributed by atoms with Gasteiger partial charge in [-0.05, 0) is 32.3 Å². The largest absolute Gasteiger partial charge is 0.368 e. The third-order valence-corrected chi connectivity index (χ3v) is 4.03. The van der Waals surface area contributed by atoms with Crippen LogP contribution in [0.2, 0.25) is 0 Å². The predicted molar refractivity (Wildman–Crippen MR) is 83.1 cm³/mol. The normalized spacial score (nSPS) is 32.8. The Hall–Kier alpha value is -1.20. The van der Waals surface area contributed by atoms with Crippen LogP contribution >= 0.6 is 0 Å². The van der Waals surface area contributed by atoms with E-state index in [1.165, 1.54) is 0 Å². The summed E-state index contributed by atoms with van der Waals surface area (Å²) in [5, 5.41) is 0. The molecule has 4 heteroatoms. The minimum Gasteiger partial charge on any atom is -0.368 e. The first-order valence-electron chi connectivity index (χ1n) is 7.86. The monoisotopic (exact) mass is 304 g/mol. The van der Waals surface area contributed by atoms with E-state index >= 15 is 0 Å². The van der Waals surface area contributed by atoms with E-state index in [0.29, 0.717) is 6.61 Å². The fourth-order valence-corrected chi connectivity index (χ4v) is 3.03. The molecule has 0 N–H and O–H groups in total. The van der Waals surface area contributed by atoms with Gasteiger partial charge in [0, 0.05) is 0 Å². The Morgan fingerprint density at radius 3 is 2.73 bits per heavy atom. The number of benzene rings is 1. The van der Waals surface area contributed by atoms with Gasteiger partial charge in [0.05, 0.1) is 12.7 Å². The molecule has 0 aromatic heterocycles. The van der Waals surface area contributed by atoms with Crippen molar-refractivity contribution < 1.29 is 18.9 Å². The molecule has 0 aliphatic carbocycles. The van der Waals surface area contributed by atoms with Crippen molar-refractivity contribution in [2.45, 2.75) is 63.7 Å². The Morgan fingerprint density at radius 1 is 1.23 bits per heavy atom. The molecule has 22 heavy (non-hydrogen) atoms. The molecule has 0 spiro atoms. The highest BCUT2D eigenvalue weighted by molar-refractivity contribution is 5.13. The quantitative estimate of drug-likeness (QED) is 0.755. The molecule has 0 radical (unpaired) electrons. The van der Waals surface area contributed by atoms with E-state index in [9.17, 15) is 0 Å². The summed E-state index contributed by atoms with van der Waals surface area (Å²) in [4.78, 5) is 0. The van der Waals surface area contributed by atoms with Crippen LogP contribution in [0.5, 0.6) is 0 Å². The van der Waals surface area contributed by atoms with Crippen molar-refractivity contribution >= 4 is 0 Å². The van der Waals surface area contributed by atoms with Crippen molar-refractivity contribution in [3.05, 3.63) is 48.6 Å².